The maximum Gasteiger partial charge on any atom is 0.417 e. The summed E-state index contributed by atoms with van der Waals surface area (Å²) in [7, 11) is 0. The van der Waals surface area contributed by atoms with Crippen LogP contribution in [0.4, 0.5) is 24.7 Å². The van der Waals surface area contributed by atoms with Crippen LogP contribution >= 0.6 is 24.0 Å². The second-order valence-corrected chi connectivity index (χ2v) is 6.28. The number of rotatable bonds is 3. The van der Waals surface area contributed by atoms with Gasteiger partial charge in [-0.05, 0) is 32.0 Å². The van der Waals surface area contributed by atoms with E-state index in [4.69, 9.17) is 11.6 Å². The van der Waals surface area contributed by atoms with Gasteiger partial charge in [0.2, 0.25) is 0 Å². The van der Waals surface area contributed by atoms with Crippen LogP contribution in [0.15, 0.2) is 48.5 Å². The van der Waals surface area contributed by atoms with E-state index in [-0.39, 0.29) is 23.1 Å². The number of hydrogen-bond donors (Lipinski definition) is 1. The Hall–Kier alpha value is -2.31. The standard InChI is InChI=1S/C19H15ClF3N3.ClH/c1-11-3-5-13(6-4-11)17-10-18(25-12(2)24-17)26-14-7-8-16(20)15(9-14)19(21,22)23;/h3-10H,1-2H3,(H,24,25,26);1H. The average Bonchev–Trinajstić information content (AvgIpc) is 2.56. The minimum Gasteiger partial charge on any atom is -0.340 e. The van der Waals surface area contributed by atoms with Gasteiger partial charge in [0.25, 0.3) is 0 Å². The van der Waals surface area contributed by atoms with Crippen molar-refractivity contribution < 1.29 is 13.2 Å². The van der Waals surface area contributed by atoms with Gasteiger partial charge in [0.1, 0.15) is 11.6 Å². The van der Waals surface area contributed by atoms with Crippen molar-refractivity contribution >= 4 is 35.5 Å². The summed E-state index contributed by atoms with van der Waals surface area (Å²) < 4.78 is 39.0. The van der Waals surface area contributed by atoms with E-state index in [9.17, 15) is 13.2 Å². The maximum atomic E-state index is 13.0. The molecule has 3 nitrogen and oxygen atoms in total. The Balaban J connectivity index is 0.00000261. The molecular formula is C19H16Cl2F3N3. The van der Waals surface area contributed by atoms with Crippen molar-refractivity contribution in [3.63, 3.8) is 0 Å². The lowest BCUT2D eigenvalue weighted by Crippen LogP contribution is -2.07. The van der Waals surface area contributed by atoms with Gasteiger partial charge in [-0.15, -0.1) is 12.4 Å². The molecule has 0 atom stereocenters. The molecule has 1 aromatic heterocycles. The normalized spacial score (nSPS) is 11.0. The molecule has 0 radical (unpaired) electrons. The van der Waals surface area contributed by atoms with Crippen molar-refractivity contribution in [2.24, 2.45) is 0 Å². The molecule has 0 aliphatic heterocycles. The van der Waals surface area contributed by atoms with Crippen molar-refractivity contribution in [3.8, 4) is 11.3 Å². The molecule has 1 N–H and O–H groups in total. The van der Waals surface area contributed by atoms with Crippen LogP contribution in [-0.4, -0.2) is 9.97 Å². The Kier molecular flexibility index (Phi) is 6.34. The fourth-order valence-electron chi connectivity index (χ4n) is 2.47. The Morgan fingerprint density at radius 1 is 0.926 bits per heavy atom. The quantitative estimate of drug-likeness (QED) is 0.525. The fourth-order valence-corrected chi connectivity index (χ4v) is 2.70. The van der Waals surface area contributed by atoms with Gasteiger partial charge in [0.15, 0.2) is 0 Å². The van der Waals surface area contributed by atoms with Crippen molar-refractivity contribution in [2.75, 3.05) is 5.32 Å². The largest absolute Gasteiger partial charge is 0.417 e. The molecule has 142 valence electrons. The number of hydrogen-bond acceptors (Lipinski definition) is 3. The molecule has 0 fully saturated rings. The summed E-state index contributed by atoms with van der Waals surface area (Å²) in [5.41, 5.74) is 2.06. The van der Waals surface area contributed by atoms with Crippen LogP contribution in [-0.2, 0) is 6.18 Å². The average molecular weight is 414 g/mol. The molecule has 27 heavy (non-hydrogen) atoms. The summed E-state index contributed by atoms with van der Waals surface area (Å²) in [6, 6.07) is 13.1. The SMILES string of the molecule is Cc1ccc(-c2cc(Nc3ccc(Cl)c(C(F)(F)F)c3)nc(C)n2)cc1.Cl. The number of nitrogens with zero attached hydrogens (tertiary/aromatic N) is 2. The van der Waals surface area contributed by atoms with E-state index in [0.29, 0.717) is 17.3 Å². The number of nitrogens with one attached hydrogen (secondary N) is 1. The molecule has 3 rings (SSSR count). The zero-order valence-corrected chi connectivity index (χ0v) is 16.0. The minimum atomic E-state index is -4.52. The van der Waals surface area contributed by atoms with Gasteiger partial charge in [-0.25, -0.2) is 9.97 Å². The monoisotopic (exact) mass is 413 g/mol. The molecule has 0 bridgehead atoms. The predicted molar refractivity (Wildman–Crippen MR) is 104 cm³/mol. The Morgan fingerprint density at radius 2 is 1.59 bits per heavy atom. The first-order valence-corrected chi connectivity index (χ1v) is 8.17. The van der Waals surface area contributed by atoms with Gasteiger partial charge in [-0.1, -0.05) is 41.4 Å². The molecule has 0 aliphatic carbocycles. The Bertz CT molecular complexity index is 942. The second-order valence-electron chi connectivity index (χ2n) is 5.87. The Morgan fingerprint density at radius 3 is 2.22 bits per heavy atom. The molecule has 0 saturated carbocycles. The van der Waals surface area contributed by atoms with E-state index >= 15 is 0 Å². The molecule has 0 spiro atoms. The zero-order chi connectivity index (χ0) is 18.9. The second kappa shape index (κ2) is 8.15. The molecule has 8 heteroatoms. The molecule has 2 aromatic carbocycles. The highest BCUT2D eigenvalue weighted by molar-refractivity contribution is 6.31. The first kappa shape index (κ1) is 21.0. The molecular weight excluding hydrogens is 398 g/mol. The summed E-state index contributed by atoms with van der Waals surface area (Å²) in [4.78, 5) is 8.64. The molecule has 0 amide bonds. The van der Waals surface area contributed by atoms with Crippen molar-refractivity contribution in [1.82, 2.24) is 9.97 Å². The van der Waals surface area contributed by atoms with E-state index in [0.717, 1.165) is 17.2 Å². The number of alkyl halides is 3. The number of halogens is 5. The van der Waals surface area contributed by atoms with E-state index in [1.165, 1.54) is 12.1 Å². The number of anilines is 2. The van der Waals surface area contributed by atoms with Crippen LogP contribution in [0.5, 0.6) is 0 Å². The summed E-state index contributed by atoms with van der Waals surface area (Å²) in [6.07, 6.45) is -4.52. The predicted octanol–water partition coefficient (Wildman–Crippen LogP) is 6.60. The third-order valence-corrected chi connectivity index (χ3v) is 4.06. The lowest BCUT2D eigenvalue weighted by Gasteiger charge is -2.13. The van der Waals surface area contributed by atoms with E-state index in [1.807, 2.05) is 31.2 Å². The molecule has 0 unspecified atom stereocenters. The van der Waals surface area contributed by atoms with Crippen molar-refractivity contribution in [1.29, 1.82) is 0 Å². The highest BCUT2D eigenvalue weighted by Gasteiger charge is 2.33. The van der Waals surface area contributed by atoms with Crippen LogP contribution in [0.3, 0.4) is 0 Å². The van der Waals surface area contributed by atoms with Crippen molar-refractivity contribution in [3.05, 3.63) is 70.5 Å². The van der Waals surface area contributed by atoms with Crippen LogP contribution in [0, 0.1) is 13.8 Å². The Labute approximate surface area is 166 Å². The van der Waals surface area contributed by atoms with Crippen LogP contribution in [0.25, 0.3) is 11.3 Å². The zero-order valence-electron chi connectivity index (χ0n) is 14.4. The lowest BCUT2D eigenvalue weighted by atomic mass is 10.1. The summed E-state index contributed by atoms with van der Waals surface area (Å²) in [6.45, 7) is 3.71. The van der Waals surface area contributed by atoms with Crippen LogP contribution in [0.1, 0.15) is 17.0 Å². The molecule has 3 aromatic rings. The summed E-state index contributed by atoms with van der Waals surface area (Å²) in [5, 5.41) is 2.55. The molecule has 1 heterocycles. The van der Waals surface area contributed by atoms with Crippen LogP contribution < -0.4 is 5.32 Å². The van der Waals surface area contributed by atoms with Gasteiger partial charge in [-0.3, -0.25) is 0 Å². The molecule has 0 aliphatic rings. The number of aryl methyl sites for hydroxylation is 2. The van der Waals surface area contributed by atoms with Gasteiger partial charge in [0, 0.05) is 17.3 Å². The topological polar surface area (TPSA) is 37.8 Å². The summed E-state index contributed by atoms with van der Waals surface area (Å²) in [5.74, 6) is 0.916. The maximum absolute atomic E-state index is 13.0. The fraction of sp³-hybridized carbons (Fsp3) is 0.158. The van der Waals surface area contributed by atoms with E-state index < -0.39 is 11.7 Å². The van der Waals surface area contributed by atoms with Crippen molar-refractivity contribution in [2.45, 2.75) is 20.0 Å². The van der Waals surface area contributed by atoms with Gasteiger partial charge >= 0.3 is 6.18 Å². The highest BCUT2D eigenvalue weighted by Crippen LogP contribution is 2.36. The first-order valence-electron chi connectivity index (χ1n) is 7.79. The van der Waals surface area contributed by atoms with E-state index in [1.54, 1.807) is 13.0 Å². The first-order chi connectivity index (χ1) is 12.2. The molecule has 0 saturated heterocycles. The van der Waals surface area contributed by atoms with Crippen LogP contribution in [0.2, 0.25) is 5.02 Å². The minimum absolute atomic E-state index is 0. The number of benzene rings is 2. The van der Waals surface area contributed by atoms with Gasteiger partial charge in [0.05, 0.1) is 16.3 Å². The third-order valence-electron chi connectivity index (χ3n) is 3.73. The smallest absolute Gasteiger partial charge is 0.340 e. The van der Waals surface area contributed by atoms with Gasteiger partial charge < -0.3 is 5.32 Å². The third kappa shape index (κ3) is 5.11. The summed E-state index contributed by atoms with van der Waals surface area (Å²) >= 11 is 5.65. The highest BCUT2D eigenvalue weighted by atomic mass is 35.5. The van der Waals surface area contributed by atoms with E-state index in [2.05, 4.69) is 15.3 Å². The van der Waals surface area contributed by atoms with Gasteiger partial charge in [-0.2, -0.15) is 13.2 Å². The lowest BCUT2D eigenvalue weighted by molar-refractivity contribution is -0.137. The number of aromatic nitrogens is 2.